The van der Waals surface area contributed by atoms with Gasteiger partial charge in [-0.15, -0.1) is 0 Å². The molecule has 7 heteroatoms. The quantitative estimate of drug-likeness (QED) is 0.765. The zero-order valence-corrected chi connectivity index (χ0v) is 9.87. The number of hydrogen-bond acceptors (Lipinski definition) is 4. The summed E-state index contributed by atoms with van der Waals surface area (Å²) in [5, 5.41) is 0. The Labute approximate surface area is 102 Å². The third-order valence-electron chi connectivity index (χ3n) is 2.15. The maximum absolute atomic E-state index is 13.3. The van der Waals surface area contributed by atoms with Gasteiger partial charge < -0.3 is 9.47 Å². The zero-order chi connectivity index (χ0) is 13.7. The predicted octanol–water partition coefficient (Wildman–Crippen LogP) is 2.27. The summed E-state index contributed by atoms with van der Waals surface area (Å²) >= 11 is 0. The smallest absolute Gasteiger partial charge is 0.310 e. The van der Waals surface area contributed by atoms with E-state index in [2.05, 4.69) is 14.5 Å². The van der Waals surface area contributed by atoms with Crippen molar-refractivity contribution in [2.75, 3.05) is 13.7 Å². The summed E-state index contributed by atoms with van der Waals surface area (Å²) < 4.78 is 48.1. The van der Waals surface area contributed by atoms with E-state index in [1.165, 1.54) is 0 Å². The van der Waals surface area contributed by atoms with E-state index in [9.17, 15) is 18.0 Å². The van der Waals surface area contributed by atoms with Gasteiger partial charge in [-0.1, -0.05) is 0 Å². The first-order valence-electron chi connectivity index (χ1n) is 5.16. The minimum Gasteiger partial charge on any atom is -0.493 e. The fraction of sp³-hybridized carbons (Fsp3) is 0.455. The van der Waals surface area contributed by atoms with Crippen molar-refractivity contribution in [1.82, 2.24) is 4.98 Å². The zero-order valence-electron chi connectivity index (χ0n) is 9.87. The minimum absolute atomic E-state index is 0.105. The molecule has 4 nitrogen and oxygen atoms in total. The van der Waals surface area contributed by atoms with Gasteiger partial charge in [0.25, 0.3) is 6.43 Å². The van der Waals surface area contributed by atoms with E-state index in [4.69, 9.17) is 0 Å². The second-order valence-corrected chi connectivity index (χ2v) is 3.29. The van der Waals surface area contributed by atoms with Gasteiger partial charge in [-0.3, -0.25) is 9.78 Å². The molecule has 1 aromatic heterocycles. The topological polar surface area (TPSA) is 48.4 Å². The van der Waals surface area contributed by atoms with Crippen LogP contribution in [0.5, 0.6) is 5.75 Å². The van der Waals surface area contributed by atoms with Crippen molar-refractivity contribution in [2.24, 2.45) is 0 Å². The van der Waals surface area contributed by atoms with E-state index in [1.807, 2.05) is 0 Å². The summed E-state index contributed by atoms with van der Waals surface area (Å²) in [4.78, 5) is 14.6. The van der Waals surface area contributed by atoms with Gasteiger partial charge in [0.05, 0.1) is 26.3 Å². The molecular weight excluding hydrogens is 251 g/mol. The van der Waals surface area contributed by atoms with Crippen LogP contribution in [0.15, 0.2) is 6.20 Å². The Kier molecular flexibility index (Phi) is 4.94. The highest BCUT2D eigenvalue weighted by molar-refractivity contribution is 5.74. The molecule has 0 fully saturated rings. The Morgan fingerprint density at radius 2 is 2.17 bits per heavy atom. The van der Waals surface area contributed by atoms with Crippen LogP contribution in [0, 0.1) is 5.82 Å². The lowest BCUT2D eigenvalue weighted by molar-refractivity contribution is -0.142. The lowest BCUT2D eigenvalue weighted by Gasteiger charge is -2.12. The Balaban J connectivity index is 3.19. The lowest BCUT2D eigenvalue weighted by atomic mass is 10.1. The van der Waals surface area contributed by atoms with Crippen molar-refractivity contribution in [3.63, 3.8) is 0 Å². The highest BCUT2D eigenvalue weighted by atomic mass is 19.3. The minimum atomic E-state index is -2.93. The maximum atomic E-state index is 13.3. The van der Waals surface area contributed by atoms with Crippen LogP contribution in [0.25, 0.3) is 0 Å². The Bertz CT molecular complexity index is 438. The number of pyridine rings is 1. The van der Waals surface area contributed by atoms with Gasteiger partial charge in [-0.25, -0.2) is 13.2 Å². The van der Waals surface area contributed by atoms with Gasteiger partial charge in [-0.05, 0) is 6.92 Å². The molecule has 0 aromatic carbocycles. The average Bonchev–Trinajstić information content (AvgIpc) is 2.29. The number of hydrogen-bond donors (Lipinski definition) is 0. The molecule has 1 rings (SSSR count). The summed E-state index contributed by atoms with van der Waals surface area (Å²) in [7, 11) is 1.13. The molecule has 1 aromatic rings. The molecule has 0 N–H and O–H groups in total. The van der Waals surface area contributed by atoms with Crippen LogP contribution in [-0.4, -0.2) is 24.7 Å². The fourth-order valence-electron chi connectivity index (χ4n) is 1.46. The number of methoxy groups -OCH3 is 1. The molecule has 100 valence electrons. The van der Waals surface area contributed by atoms with Crippen molar-refractivity contribution in [1.29, 1.82) is 0 Å². The van der Waals surface area contributed by atoms with E-state index >= 15 is 0 Å². The molecule has 0 saturated carbocycles. The molecular formula is C11H12F3NO3. The summed E-state index contributed by atoms with van der Waals surface area (Å²) in [5.74, 6) is -2.06. The van der Waals surface area contributed by atoms with Gasteiger partial charge in [-0.2, -0.15) is 0 Å². The van der Waals surface area contributed by atoms with Crippen molar-refractivity contribution in [2.45, 2.75) is 19.8 Å². The molecule has 0 amide bonds. The van der Waals surface area contributed by atoms with Crippen molar-refractivity contribution < 1.29 is 27.4 Å². The first-order chi connectivity index (χ1) is 8.51. The van der Waals surface area contributed by atoms with Gasteiger partial charge >= 0.3 is 5.97 Å². The summed E-state index contributed by atoms with van der Waals surface area (Å²) in [6.07, 6.45) is -2.81. The van der Waals surface area contributed by atoms with Crippen LogP contribution >= 0.6 is 0 Å². The van der Waals surface area contributed by atoms with Crippen LogP contribution in [0.2, 0.25) is 0 Å². The van der Waals surface area contributed by atoms with Gasteiger partial charge in [0.2, 0.25) is 0 Å². The summed E-state index contributed by atoms with van der Waals surface area (Å²) in [6.45, 7) is 1.68. The number of aromatic nitrogens is 1. The number of halogens is 3. The van der Waals surface area contributed by atoms with Gasteiger partial charge in [0, 0.05) is 5.56 Å². The third-order valence-corrected chi connectivity index (χ3v) is 2.15. The Morgan fingerprint density at radius 3 is 2.67 bits per heavy atom. The molecule has 0 spiro atoms. The normalized spacial score (nSPS) is 10.6. The molecule has 0 atom stereocenters. The fourth-order valence-corrected chi connectivity index (χ4v) is 1.46. The van der Waals surface area contributed by atoms with E-state index in [0.717, 1.165) is 7.11 Å². The standard InChI is InChI=1S/C11H12F3NO3/c1-3-18-8(16)4-6-9(11(13)14)15-5-7(12)10(6)17-2/h5,11H,3-4H2,1-2H3. The SMILES string of the molecule is CCOC(=O)Cc1c(C(F)F)ncc(F)c1OC. The number of carbonyl (C=O) groups excluding carboxylic acids is 1. The molecule has 0 bridgehead atoms. The molecule has 0 aliphatic rings. The molecule has 1 heterocycles. The monoisotopic (exact) mass is 263 g/mol. The number of rotatable bonds is 5. The van der Waals surface area contributed by atoms with Crippen LogP contribution in [0.3, 0.4) is 0 Å². The Morgan fingerprint density at radius 1 is 1.50 bits per heavy atom. The van der Waals surface area contributed by atoms with E-state index < -0.39 is 36.1 Å². The van der Waals surface area contributed by atoms with Crippen molar-refractivity contribution in [3.05, 3.63) is 23.3 Å². The van der Waals surface area contributed by atoms with E-state index in [-0.39, 0.29) is 12.2 Å². The Hall–Kier alpha value is -1.79. The van der Waals surface area contributed by atoms with Crippen molar-refractivity contribution in [3.8, 4) is 5.75 Å². The first-order valence-corrected chi connectivity index (χ1v) is 5.16. The van der Waals surface area contributed by atoms with E-state index in [1.54, 1.807) is 6.92 Å². The number of carbonyl (C=O) groups is 1. The summed E-state index contributed by atoms with van der Waals surface area (Å²) in [5.41, 5.74) is -0.966. The molecule has 18 heavy (non-hydrogen) atoms. The second kappa shape index (κ2) is 6.23. The predicted molar refractivity (Wildman–Crippen MR) is 56.0 cm³/mol. The highest BCUT2D eigenvalue weighted by Crippen LogP contribution is 2.30. The molecule has 0 aliphatic carbocycles. The van der Waals surface area contributed by atoms with Crippen LogP contribution < -0.4 is 4.74 Å². The highest BCUT2D eigenvalue weighted by Gasteiger charge is 2.24. The largest absolute Gasteiger partial charge is 0.493 e. The van der Waals surface area contributed by atoms with Gasteiger partial charge in [0.15, 0.2) is 11.6 Å². The number of ether oxygens (including phenoxy) is 2. The number of esters is 1. The molecule has 0 radical (unpaired) electrons. The second-order valence-electron chi connectivity index (χ2n) is 3.29. The molecule has 0 unspecified atom stereocenters. The van der Waals surface area contributed by atoms with Crippen LogP contribution in [-0.2, 0) is 16.0 Å². The first kappa shape index (κ1) is 14.3. The molecule has 0 saturated heterocycles. The number of nitrogens with zero attached hydrogens (tertiary/aromatic N) is 1. The molecule has 0 aliphatic heterocycles. The van der Waals surface area contributed by atoms with Crippen LogP contribution in [0.4, 0.5) is 13.2 Å². The van der Waals surface area contributed by atoms with Gasteiger partial charge in [0.1, 0.15) is 5.69 Å². The lowest BCUT2D eigenvalue weighted by Crippen LogP contribution is -2.12. The third kappa shape index (κ3) is 3.12. The number of alkyl halides is 2. The maximum Gasteiger partial charge on any atom is 0.310 e. The summed E-state index contributed by atoms with van der Waals surface area (Å²) in [6, 6.07) is 0. The van der Waals surface area contributed by atoms with E-state index in [0.29, 0.717) is 6.20 Å². The average molecular weight is 263 g/mol. The van der Waals surface area contributed by atoms with Crippen LogP contribution in [0.1, 0.15) is 24.6 Å². The van der Waals surface area contributed by atoms with Crippen molar-refractivity contribution >= 4 is 5.97 Å².